The zero-order chi connectivity index (χ0) is 14.8. The molecule has 2 N–H and O–H groups in total. The van der Waals surface area contributed by atoms with Gasteiger partial charge in [0.1, 0.15) is 12.7 Å². The van der Waals surface area contributed by atoms with E-state index in [0.29, 0.717) is 16.6 Å². The highest BCUT2D eigenvalue weighted by Crippen LogP contribution is 2.25. The van der Waals surface area contributed by atoms with E-state index in [1.807, 2.05) is 0 Å². The number of amides is 1. The van der Waals surface area contributed by atoms with Crippen molar-refractivity contribution < 1.29 is 4.79 Å². The predicted molar refractivity (Wildman–Crippen MR) is 80.6 cm³/mol. The van der Waals surface area contributed by atoms with Crippen LogP contribution in [0.3, 0.4) is 0 Å². The van der Waals surface area contributed by atoms with E-state index < -0.39 is 0 Å². The van der Waals surface area contributed by atoms with E-state index in [4.69, 9.17) is 11.6 Å². The Labute approximate surface area is 127 Å². The largest absolute Gasteiger partial charge is 0.323 e. The first-order chi connectivity index (χ1) is 10.1. The molecular weight excluding hydrogens is 290 g/mol. The molecule has 2 unspecified atom stereocenters. The maximum atomic E-state index is 12.4. The van der Waals surface area contributed by atoms with Gasteiger partial charge in [0.2, 0.25) is 5.91 Å². The Morgan fingerprint density at radius 1 is 1.52 bits per heavy atom. The van der Waals surface area contributed by atoms with Gasteiger partial charge in [-0.2, -0.15) is 5.10 Å². The Morgan fingerprint density at radius 3 is 3.05 bits per heavy atom. The van der Waals surface area contributed by atoms with Gasteiger partial charge in [-0.3, -0.25) is 4.79 Å². The average Bonchev–Trinajstić information content (AvgIpc) is 3.10. The molecule has 1 amide bonds. The fourth-order valence-electron chi connectivity index (χ4n) is 2.54. The lowest BCUT2D eigenvalue weighted by Crippen LogP contribution is -2.39. The molecule has 6 nitrogen and oxygen atoms in total. The molecule has 21 heavy (non-hydrogen) atoms. The monoisotopic (exact) mass is 305 g/mol. The molecule has 0 bridgehead atoms. The van der Waals surface area contributed by atoms with Crippen LogP contribution in [-0.4, -0.2) is 33.3 Å². The van der Waals surface area contributed by atoms with E-state index in [1.54, 1.807) is 29.2 Å². The van der Waals surface area contributed by atoms with Crippen LogP contribution in [0.4, 0.5) is 5.69 Å². The maximum Gasteiger partial charge on any atom is 0.241 e. The van der Waals surface area contributed by atoms with Gasteiger partial charge in [0.25, 0.3) is 0 Å². The number of hydrogen-bond acceptors (Lipinski definition) is 4. The third-order valence-electron chi connectivity index (χ3n) is 3.70. The van der Waals surface area contributed by atoms with Crippen LogP contribution in [0, 0.1) is 5.92 Å². The number of benzene rings is 1. The van der Waals surface area contributed by atoms with Crippen LogP contribution in [0.5, 0.6) is 0 Å². The van der Waals surface area contributed by atoms with Crippen molar-refractivity contribution in [1.29, 1.82) is 0 Å². The standard InChI is InChI=1S/C14H16ClN5O/c1-9-4-5-17-13(9)14(21)19-11-6-10(15)2-3-12(11)20-8-16-7-18-20/h2-3,6-9,13,17H,4-5H2,1H3,(H,19,21). The van der Waals surface area contributed by atoms with Crippen molar-refractivity contribution in [2.24, 2.45) is 5.92 Å². The molecule has 0 radical (unpaired) electrons. The molecular formula is C14H16ClN5O. The highest BCUT2D eigenvalue weighted by atomic mass is 35.5. The summed E-state index contributed by atoms with van der Waals surface area (Å²) in [5.41, 5.74) is 1.36. The number of nitrogens with one attached hydrogen (secondary N) is 2. The summed E-state index contributed by atoms with van der Waals surface area (Å²) in [6.07, 6.45) is 4.03. The molecule has 1 saturated heterocycles. The minimum absolute atomic E-state index is 0.0522. The zero-order valence-corrected chi connectivity index (χ0v) is 12.3. The smallest absolute Gasteiger partial charge is 0.241 e. The highest BCUT2D eigenvalue weighted by molar-refractivity contribution is 6.31. The van der Waals surface area contributed by atoms with Crippen molar-refractivity contribution in [3.05, 3.63) is 35.9 Å². The Morgan fingerprint density at radius 2 is 2.38 bits per heavy atom. The van der Waals surface area contributed by atoms with Crippen molar-refractivity contribution in [1.82, 2.24) is 20.1 Å². The summed E-state index contributed by atoms with van der Waals surface area (Å²) in [6, 6.07) is 5.10. The van der Waals surface area contributed by atoms with Crippen LogP contribution >= 0.6 is 11.6 Å². The van der Waals surface area contributed by atoms with E-state index in [2.05, 4.69) is 27.6 Å². The van der Waals surface area contributed by atoms with Crippen LogP contribution in [0.2, 0.25) is 5.02 Å². The number of aromatic nitrogens is 3. The molecule has 7 heteroatoms. The number of nitrogens with zero attached hydrogens (tertiary/aromatic N) is 3. The van der Waals surface area contributed by atoms with Crippen molar-refractivity contribution in [2.75, 3.05) is 11.9 Å². The van der Waals surface area contributed by atoms with Gasteiger partial charge in [-0.05, 0) is 37.1 Å². The quantitative estimate of drug-likeness (QED) is 0.908. The number of anilines is 1. The third kappa shape index (κ3) is 2.91. The number of carbonyl (C=O) groups excluding carboxylic acids is 1. The first-order valence-electron chi connectivity index (χ1n) is 6.84. The third-order valence-corrected chi connectivity index (χ3v) is 3.93. The minimum Gasteiger partial charge on any atom is -0.323 e. The highest BCUT2D eigenvalue weighted by Gasteiger charge is 2.29. The number of rotatable bonds is 3. The lowest BCUT2D eigenvalue weighted by molar-refractivity contribution is -0.118. The lowest BCUT2D eigenvalue weighted by atomic mass is 10.0. The summed E-state index contributed by atoms with van der Waals surface area (Å²) < 4.78 is 1.59. The number of hydrogen-bond donors (Lipinski definition) is 2. The summed E-state index contributed by atoms with van der Waals surface area (Å²) in [5, 5.41) is 10.8. The van der Waals surface area contributed by atoms with Crippen LogP contribution in [0.25, 0.3) is 5.69 Å². The van der Waals surface area contributed by atoms with Gasteiger partial charge in [0.05, 0.1) is 17.4 Å². The normalized spacial score (nSPS) is 21.4. The zero-order valence-electron chi connectivity index (χ0n) is 11.6. The molecule has 110 valence electrons. The summed E-state index contributed by atoms with van der Waals surface area (Å²) in [6.45, 7) is 2.94. The Bertz CT molecular complexity index is 643. The molecule has 1 aliphatic heterocycles. The SMILES string of the molecule is CC1CCNC1C(=O)Nc1cc(Cl)ccc1-n1cncn1. The fourth-order valence-corrected chi connectivity index (χ4v) is 2.71. The van der Waals surface area contributed by atoms with Gasteiger partial charge >= 0.3 is 0 Å². The van der Waals surface area contributed by atoms with Gasteiger partial charge < -0.3 is 10.6 Å². The van der Waals surface area contributed by atoms with E-state index in [0.717, 1.165) is 18.7 Å². The summed E-state index contributed by atoms with van der Waals surface area (Å²) in [4.78, 5) is 16.3. The van der Waals surface area contributed by atoms with Crippen molar-refractivity contribution in [3.63, 3.8) is 0 Å². The van der Waals surface area contributed by atoms with E-state index in [-0.39, 0.29) is 11.9 Å². The van der Waals surface area contributed by atoms with Gasteiger partial charge in [0, 0.05) is 5.02 Å². The predicted octanol–water partition coefficient (Wildman–Crippen LogP) is 1.86. The summed E-state index contributed by atoms with van der Waals surface area (Å²) in [7, 11) is 0. The van der Waals surface area contributed by atoms with E-state index >= 15 is 0 Å². The molecule has 1 aliphatic rings. The molecule has 1 aromatic heterocycles. The van der Waals surface area contributed by atoms with Crippen molar-refractivity contribution in [3.8, 4) is 5.69 Å². The Kier molecular flexibility index (Phi) is 3.90. The molecule has 0 spiro atoms. The molecule has 3 rings (SSSR count). The second kappa shape index (κ2) is 5.83. The average molecular weight is 306 g/mol. The molecule has 0 saturated carbocycles. The second-order valence-corrected chi connectivity index (χ2v) is 5.62. The lowest BCUT2D eigenvalue weighted by Gasteiger charge is -2.17. The minimum atomic E-state index is -0.174. The van der Waals surface area contributed by atoms with Gasteiger partial charge in [-0.25, -0.2) is 9.67 Å². The summed E-state index contributed by atoms with van der Waals surface area (Å²) in [5.74, 6) is 0.266. The first kappa shape index (κ1) is 14.0. The maximum absolute atomic E-state index is 12.4. The van der Waals surface area contributed by atoms with Gasteiger partial charge in [0.15, 0.2) is 0 Å². The molecule has 1 aromatic carbocycles. The number of carbonyl (C=O) groups is 1. The van der Waals surface area contributed by atoms with Crippen LogP contribution in [0.1, 0.15) is 13.3 Å². The van der Waals surface area contributed by atoms with Crippen LogP contribution in [0.15, 0.2) is 30.9 Å². The second-order valence-electron chi connectivity index (χ2n) is 5.19. The van der Waals surface area contributed by atoms with E-state index in [1.165, 1.54) is 6.33 Å². The molecule has 2 heterocycles. The van der Waals surface area contributed by atoms with Crippen molar-refractivity contribution >= 4 is 23.2 Å². The molecule has 1 fully saturated rings. The summed E-state index contributed by atoms with van der Waals surface area (Å²) >= 11 is 6.04. The first-order valence-corrected chi connectivity index (χ1v) is 7.22. The van der Waals surface area contributed by atoms with E-state index in [9.17, 15) is 4.79 Å². The van der Waals surface area contributed by atoms with Gasteiger partial charge in [-0.1, -0.05) is 18.5 Å². The topological polar surface area (TPSA) is 71.8 Å². The molecule has 2 aromatic rings. The fraction of sp³-hybridized carbons (Fsp3) is 0.357. The van der Waals surface area contributed by atoms with Gasteiger partial charge in [-0.15, -0.1) is 0 Å². The Hall–Kier alpha value is -1.92. The van der Waals surface area contributed by atoms with Crippen LogP contribution in [-0.2, 0) is 4.79 Å². The van der Waals surface area contributed by atoms with Crippen molar-refractivity contribution in [2.45, 2.75) is 19.4 Å². The molecule has 0 aliphatic carbocycles. The Balaban J connectivity index is 1.87. The van der Waals surface area contributed by atoms with Crippen LogP contribution < -0.4 is 10.6 Å². The number of halogens is 1. The molecule has 2 atom stereocenters.